The van der Waals surface area contributed by atoms with E-state index in [1.54, 1.807) is 0 Å². The SMILES string of the molecule is CC[C@@H]1CCc2sc(-c3nnc(SCC(=O)[C@@H](C#N)c4nc(C)cs4)n3C)cc2C1. The van der Waals surface area contributed by atoms with Crippen molar-refractivity contribution < 1.29 is 4.79 Å². The van der Waals surface area contributed by atoms with Crippen molar-refractivity contribution in [2.24, 2.45) is 13.0 Å². The van der Waals surface area contributed by atoms with Crippen molar-refractivity contribution in [2.45, 2.75) is 50.6 Å². The Morgan fingerprint density at radius 2 is 2.30 bits per heavy atom. The Bertz CT molecular complexity index is 1110. The summed E-state index contributed by atoms with van der Waals surface area (Å²) >= 11 is 4.49. The van der Waals surface area contributed by atoms with Crippen LogP contribution in [-0.4, -0.2) is 31.3 Å². The van der Waals surface area contributed by atoms with E-state index in [4.69, 9.17) is 0 Å². The standard InChI is InChI=1S/C21H23N5OS3/c1-4-13-5-6-17-14(7-13)8-18(30-17)19-24-25-21(26(19)3)29-11-16(27)15(9-22)20-23-12(2)10-28-20/h8,10,13,15H,4-7,11H2,1-3H3/t13-,15-/m1/s1. The van der Waals surface area contributed by atoms with Crippen LogP contribution in [0.4, 0.5) is 0 Å². The van der Waals surface area contributed by atoms with Gasteiger partial charge in [0.25, 0.3) is 0 Å². The van der Waals surface area contributed by atoms with Gasteiger partial charge in [-0.1, -0.05) is 25.1 Å². The van der Waals surface area contributed by atoms with Crippen molar-refractivity contribution in [1.29, 1.82) is 5.26 Å². The molecule has 0 bridgehead atoms. The van der Waals surface area contributed by atoms with E-state index < -0.39 is 5.92 Å². The van der Waals surface area contributed by atoms with E-state index in [1.165, 1.54) is 46.4 Å². The van der Waals surface area contributed by atoms with Gasteiger partial charge in [0.2, 0.25) is 0 Å². The second-order valence-corrected chi connectivity index (χ2v) is 10.6. The molecule has 2 atom stereocenters. The van der Waals surface area contributed by atoms with Gasteiger partial charge in [-0.3, -0.25) is 4.79 Å². The van der Waals surface area contributed by atoms with Gasteiger partial charge in [-0.25, -0.2) is 4.98 Å². The van der Waals surface area contributed by atoms with Crippen LogP contribution in [0.2, 0.25) is 0 Å². The van der Waals surface area contributed by atoms with E-state index in [9.17, 15) is 10.1 Å². The fourth-order valence-electron chi connectivity index (χ4n) is 3.70. The molecule has 3 aromatic rings. The lowest BCUT2D eigenvalue weighted by Gasteiger charge is -2.19. The lowest BCUT2D eigenvalue weighted by atomic mass is 9.87. The summed E-state index contributed by atoms with van der Waals surface area (Å²) in [6.45, 7) is 4.13. The zero-order valence-corrected chi connectivity index (χ0v) is 19.7. The van der Waals surface area contributed by atoms with Crippen LogP contribution in [0.25, 0.3) is 10.7 Å². The Morgan fingerprint density at radius 1 is 1.47 bits per heavy atom. The highest BCUT2D eigenvalue weighted by atomic mass is 32.2. The molecular formula is C21H23N5OS3. The maximum Gasteiger partial charge on any atom is 0.191 e. The number of aryl methyl sites for hydroxylation is 2. The van der Waals surface area contributed by atoms with Crippen LogP contribution in [0.5, 0.6) is 0 Å². The Hall–Kier alpha value is -2.02. The molecule has 30 heavy (non-hydrogen) atoms. The lowest BCUT2D eigenvalue weighted by molar-refractivity contribution is -0.116. The number of nitrogens with zero attached hydrogens (tertiary/aromatic N) is 5. The van der Waals surface area contributed by atoms with Crippen LogP contribution in [0.1, 0.15) is 46.8 Å². The minimum Gasteiger partial charge on any atom is -0.304 e. The molecule has 0 aromatic carbocycles. The first-order valence-corrected chi connectivity index (χ1v) is 12.7. The quantitative estimate of drug-likeness (QED) is 0.474. The van der Waals surface area contributed by atoms with Crippen LogP contribution in [0.3, 0.4) is 0 Å². The summed E-state index contributed by atoms with van der Waals surface area (Å²) in [6.07, 6.45) is 4.80. The van der Waals surface area contributed by atoms with E-state index >= 15 is 0 Å². The average molecular weight is 458 g/mol. The normalized spacial score (nSPS) is 16.8. The second kappa shape index (κ2) is 9.00. The van der Waals surface area contributed by atoms with Gasteiger partial charge in [-0.05, 0) is 43.7 Å². The first-order valence-electron chi connectivity index (χ1n) is 9.98. The molecular weight excluding hydrogens is 434 g/mol. The Labute approximate surface area is 188 Å². The molecule has 1 aliphatic rings. The molecule has 0 radical (unpaired) electrons. The predicted octanol–water partition coefficient (Wildman–Crippen LogP) is 4.79. The minimum atomic E-state index is -0.820. The number of rotatable bonds is 7. The van der Waals surface area contributed by atoms with Crippen LogP contribution >= 0.6 is 34.4 Å². The fourth-order valence-corrected chi connectivity index (χ4v) is 6.61. The molecule has 0 unspecified atom stereocenters. The van der Waals surface area contributed by atoms with Gasteiger partial charge in [0.05, 0.1) is 16.7 Å². The molecule has 4 rings (SSSR count). The number of fused-ring (bicyclic) bond motifs is 1. The molecule has 3 heterocycles. The van der Waals surface area contributed by atoms with E-state index in [0.29, 0.717) is 10.2 Å². The van der Waals surface area contributed by atoms with Crippen molar-refractivity contribution in [2.75, 3.05) is 5.75 Å². The first kappa shape index (κ1) is 21.2. The van der Waals surface area contributed by atoms with E-state index in [1.807, 2.05) is 35.3 Å². The Balaban J connectivity index is 1.46. The number of thiazole rings is 1. The van der Waals surface area contributed by atoms with Gasteiger partial charge < -0.3 is 4.57 Å². The number of hydrogen-bond donors (Lipinski definition) is 0. The van der Waals surface area contributed by atoms with Gasteiger partial charge in [0.15, 0.2) is 22.7 Å². The van der Waals surface area contributed by atoms with Gasteiger partial charge >= 0.3 is 0 Å². The van der Waals surface area contributed by atoms with Crippen molar-refractivity contribution in [3.8, 4) is 16.8 Å². The Kier molecular flexibility index (Phi) is 6.37. The van der Waals surface area contributed by atoms with Gasteiger partial charge in [-0.2, -0.15) is 5.26 Å². The van der Waals surface area contributed by atoms with Crippen molar-refractivity contribution >= 4 is 40.2 Å². The van der Waals surface area contributed by atoms with Crippen molar-refractivity contribution in [3.05, 3.63) is 32.6 Å². The zero-order chi connectivity index (χ0) is 21.3. The predicted molar refractivity (Wildman–Crippen MR) is 121 cm³/mol. The number of aromatic nitrogens is 4. The topological polar surface area (TPSA) is 84.5 Å². The van der Waals surface area contributed by atoms with Crippen LogP contribution in [0, 0.1) is 24.2 Å². The molecule has 0 spiro atoms. The molecule has 0 N–H and O–H groups in total. The molecule has 3 aromatic heterocycles. The summed E-state index contributed by atoms with van der Waals surface area (Å²) < 4.78 is 1.95. The molecule has 1 aliphatic carbocycles. The first-order chi connectivity index (χ1) is 14.5. The van der Waals surface area contributed by atoms with E-state index in [0.717, 1.165) is 35.2 Å². The highest BCUT2D eigenvalue weighted by molar-refractivity contribution is 7.99. The highest BCUT2D eigenvalue weighted by Gasteiger charge is 2.25. The summed E-state index contributed by atoms with van der Waals surface area (Å²) in [5, 5.41) is 21.2. The second-order valence-electron chi connectivity index (χ2n) is 7.59. The number of thiophene rings is 1. The fraction of sp³-hybridized carbons (Fsp3) is 0.476. The molecule has 0 aliphatic heterocycles. The summed E-state index contributed by atoms with van der Waals surface area (Å²) in [5.74, 6) is 0.816. The minimum absolute atomic E-state index is 0.154. The molecule has 0 fully saturated rings. The van der Waals surface area contributed by atoms with Crippen LogP contribution < -0.4 is 0 Å². The van der Waals surface area contributed by atoms with Gasteiger partial charge in [-0.15, -0.1) is 32.9 Å². The number of thioether (sulfide) groups is 1. The van der Waals surface area contributed by atoms with E-state index in [-0.39, 0.29) is 11.5 Å². The summed E-state index contributed by atoms with van der Waals surface area (Å²) in [6, 6.07) is 4.36. The molecule has 6 nitrogen and oxygen atoms in total. The lowest BCUT2D eigenvalue weighted by Crippen LogP contribution is -2.13. The Morgan fingerprint density at radius 3 is 3.00 bits per heavy atom. The van der Waals surface area contributed by atoms with E-state index in [2.05, 4.69) is 34.2 Å². The number of hydrogen-bond acceptors (Lipinski definition) is 8. The summed E-state index contributed by atoms with van der Waals surface area (Å²) in [7, 11) is 1.93. The van der Waals surface area contributed by atoms with Gasteiger partial charge in [0, 0.05) is 23.0 Å². The summed E-state index contributed by atoms with van der Waals surface area (Å²) in [4.78, 5) is 19.5. The summed E-state index contributed by atoms with van der Waals surface area (Å²) in [5.41, 5.74) is 2.29. The van der Waals surface area contributed by atoms with Crippen molar-refractivity contribution in [1.82, 2.24) is 19.7 Å². The maximum atomic E-state index is 12.6. The maximum absolute atomic E-state index is 12.6. The number of ketones is 1. The average Bonchev–Trinajstić information content (AvgIpc) is 3.44. The third-order valence-electron chi connectivity index (χ3n) is 5.50. The molecule has 9 heteroatoms. The number of nitriles is 1. The zero-order valence-electron chi connectivity index (χ0n) is 17.2. The molecule has 156 valence electrons. The number of Topliss-reactive ketones (excluding diaryl/α,β-unsaturated/α-hetero) is 1. The smallest absolute Gasteiger partial charge is 0.191 e. The molecule has 0 saturated heterocycles. The van der Waals surface area contributed by atoms with Gasteiger partial charge in [0.1, 0.15) is 5.01 Å². The highest BCUT2D eigenvalue weighted by Crippen LogP contribution is 2.38. The third-order valence-corrected chi connectivity index (χ3v) is 8.80. The number of carbonyl (C=O) groups excluding carboxylic acids is 1. The van der Waals surface area contributed by atoms with Crippen LogP contribution in [-0.2, 0) is 24.7 Å². The number of carbonyl (C=O) groups is 1. The van der Waals surface area contributed by atoms with Crippen LogP contribution in [0.15, 0.2) is 16.6 Å². The largest absolute Gasteiger partial charge is 0.304 e. The molecule has 0 amide bonds. The third kappa shape index (κ3) is 4.22. The monoisotopic (exact) mass is 457 g/mol. The van der Waals surface area contributed by atoms with Crippen molar-refractivity contribution in [3.63, 3.8) is 0 Å². The molecule has 0 saturated carbocycles.